The molecule has 0 saturated carbocycles. The predicted octanol–water partition coefficient (Wildman–Crippen LogP) is 2.35. The molecule has 0 bridgehead atoms. The molecule has 0 fully saturated rings. The first-order valence-corrected chi connectivity index (χ1v) is 5.40. The summed E-state index contributed by atoms with van der Waals surface area (Å²) >= 11 is 5.65. The maximum atomic E-state index is 11.8. The van der Waals surface area contributed by atoms with Gasteiger partial charge in [0.15, 0.2) is 0 Å². The molecule has 0 aliphatic rings. The van der Waals surface area contributed by atoms with E-state index < -0.39 is 13.0 Å². The third-order valence-electron chi connectivity index (χ3n) is 1.80. The molecule has 1 rings (SSSR count). The quantitative estimate of drug-likeness (QED) is 0.574. The molecular weight excluding hydrogens is 238 g/mol. The van der Waals surface area contributed by atoms with Crippen molar-refractivity contribution in [2.75, 3.05) is 13.2 Å². The lowest BCUT2D eigenvalue weighted by molar-refractivity contribution is 0.0182. The van der Waals surface area contributed by atoms with Crippen LogP contribution in [0.2, 0.25) is 0 Å². The van der Waals surface area contributed by atoms with Crippen molar-refractivity contribution >= 4 is 11.6 Å². The molecule has 0 aliphatic carbocycles. The highest BCUT2D eigenvalue weighted by atomic mass is 35.5. The van der Waals surface area contributed by atoms with Crippen LogP contribution in [0.15, 0.2) is 6.07 Å². The first-order valence-electron chi connectivity index (χ1n) is 4.87. The van der Waals surface area contributed by atoms with Crippen molar-refractivity contribution < 1.29 is 13.5 Å². The van der Waals surface area contributed by atoms with Gasteiger partial charge in [-0.2, -0.15) is 0 Å². The smallest absolute Gasteiger partial charge is 0.261 e. The van der Waals surface area contributed by atoms with E-state index in [2.05, 4.69) is 9.97 Å². The van der Waals surface area contributed by atoms with Crippen molar-refractivity contribution in [3.05, 3.63) is 23.3 Å². The number of rotatable bonds is 6. The van der Waals surface area contributed by atoms with Crippen molar-refractivity contribution in [3.63, 3.8) is 0 Å². The highest BCUT2D eigenvalue weighted by Gasteiger charge is 2.04. The molecule has 0 radical (unpaired) electrons. The van der Waals surface area contributed by atoms with E-state index in [1.165, 1.54) is 0 Å². The second kappa shape index (κ2) is 6.70. The average molecular weight is 251 g/mol. The molecule has 1 aromatic rings. The van der Waals surface area contributed by atoms with E-state index in [4.69, 9.17) is 16.3 Å². The van der Waals surface area contributed by atoms with Crippen LogP contribution in [-0.2, 0) is 17.0 Å². The van der Waals surface area contributed by atoms with Gasteiger partial charge in [-0.15, -0.1) is 11.6 Å². The molecule has 6 heteroatoms. The lowest BCUT2D eigenvalue weighted by Gasteiger charge is -2.05. The van der Waals surface area contributed by atoms with Crippen LogP contribution in [0, 0.1) is 6.92 Å². The first kappa shape index (κ1) is 13.3. The maximum Gasteiger partial charge on any atom is 0.261 e. The summed E-state index contributed by atoms with van der Waals surface area (Å²) in [5.41, 5.74) is 1.55. The Labute approximate surface area is 97.8 Å². The summed E-state index contributed by atoms with van der Waals surface area (Å²) in [5, 5.41) is 0. The first-order chi connectivity index (χ1) is 7.61. The van der Waals surface area contributed by atoms with Crippen LogP contribution in [0.5, 0.6) is 0 Å². The van der Waals surface area contributed by atoms with Crippen LogP contribution < -0.4 is 0 Å². The summed E-state index contributed by atoms with van der Waals surface area (Å²) in [6, 6.07) is 1.79. The van der Waals surface area contributed by atoms with E-state index in [9.17, 15) is 8.78 Å². The number of ether oxygens (including phenoxy) is 1. The fourth-order valence-electron chi connectivity index (χ4n) is 1.22. The Morgan fingerprint density at radius 2 is 2.19 bits per heavy atom. The molecule has 0 amide bonds. The van der Waals surface area contributed by atoms with Gasteiger partial charge in [-0.05, 0) is 13.0 Å². The van der Waals surface area contributed by atoms with E-state index in [-0.39, 0.29) is 6.61 Å². The van der Waals surface area contributed by atoms with Gasteiger partial charge in [-0.25, -0.2) is 18.7 Å². The molecule has 0 atom stereocenters. The highest BCUT2D eigenvalue weighted by molar-refractivity contribution is 6.16. The minimum Gasteiger partial charge on any atom is -0.375 e. The summed E-state index contributed by atoms with van der Waals surface area (Å²) in [5.74, 6) is 0.888. The molecule has 0 unspecified atom stereocenters. The lowest BCUT2D eigenvalue weighted by atomic mass is 10.3. The largest absolute Gasteiger partial charge is 0.375 e. The molecule has 0 aromatic carbocycles. The van der Waals surface area contributed by atoms with Crippen molar-refractivity contribution in [1.82, 2.24) is 9.97 Å². The van der Waals surface area contributed by atoms with E-state index >= 15 is 0 Å². The zero-order valence-electron chi connectivity index (χ0n) is 8.92. The normalized spacial score (nSPS) is 11.1. The zero-order chi connectivity index (χ0) is 12.0. The SMILES string of the molecule is Cc1cc(CCl)nc(CCOCC(F)F)n1. The van der Waals surface area contributed by atoms with E-state index in [0.717, 1.165) is 11.4 Å². The average Bonchev–Trinajstić information content (AvgIpc) is 2.23. The van der Waals surface area contributed by atoms with Crippen LogP contribution in [0.4, 0.5) is 8.78 Å². The van der Waals surface area contributed by atoms with Gasteiger partial charge >= 0.3 is 0 Å². The molecule has 16 heavy (non-hydrogen) atoms. The third kappa shape index (κ3) is 4.81. The second-order valence-electron chi connectivity index (χ2n) is 3.27. The molecule has 0 aliphatic heterocycles. The topological polar surface area (TPSA) is 35.0 Å². The van der Waals surface area contributed by atoms with Gasteiger partial charge in [0.25, 0.3) is 6.43 Å². The highest BCUT2D eigenvalue weighted by Crippen LogP contribution is 2.04. The number of aromatic nitrogens is 2. The van der Waals surface area contributed by atoms with Crippen molar-refractivity contribution in [3.8, 4) is 0 Å². The number of aryl methyl sites for hydroxylation is 1. The van der Waals surface area contributed by atoms with Gasteiger partial charge in [0.1, 0.15) is 12.4 Å². The molecule has 1 heterocycles. The molecular formula is C10H13ClF2N2O. The fourth-order valence-corrected chi connectivity index (χ4v) is 1.35. The number of hydrogen-bond acceptors (Lipinski definition) is 3. The Balaban J connectivity index is 2.44. The van der Waals surface area contributed by atoms with Crippen LogP contribution in [0.1, 0.15) is 17.2 Å². The number of hydrogen-bond donors (Lipinski definition) is 0. The van der Waals surface area contributed by atoms with Crippen molar-refractivity contribution in [1.29, 1.82) is 0 Å². The fraction of sp³-hybridized carbons (Fsp3) is 0.600. The van der Waals surface area contributed by atoms with E-state index in [1.807, 2.05) is 6.92 Å². The van der Waals surface area contributed by atoms with Crippen molar-refractivity contribution in [2.45, 2.75) is 25.7 Å². The maximum absolute atomic E-state index is 11.8. The summed E-state index contributed by atoms with van der Waals surface area (Å²) in [7, 11) is 0. The Bertz CT molecular complexity index is 337. The van der Waals surface area contributed by atoms with Gasteiger partial charge < -0.3 is 4.74 Å². The Morgan fingerprint density at radius 3 is 2.81 bits per heavy atom. The van der Waals surface area contributed by atoms with Crippen LogP contribution in [0.3, 0.4) is 0 Å². The number of halogens is 3. The minimum absolute atomic E-state index is 0.190. The zero-order valence-corrected chi connectivity index (χ0v) is 9.68. The lowest BCUT2D eigenvalue weighted by Crippen LogP contribution is -2.09. The Morgan fingerprint density at radius 1 is 1.44 bits per heavy atom. The van der Waals surface area contributed by atoms with Crippen LogP contribution >= 0.6 is 11.6 Å². The predicted molar refractivity (Wildman–Crippen MR) is 56.9 cm³/mol. The Kier molecular flexibility index (Phi) is 5.55. The van der Waals surface area contributed by atoms with E-state index in [0.29, 0.717) is 18.1 Å². The summed E-state index contributed by atoms with van der Waals surface area (Å²) < 4.78 is 28.3. The second-order valence-corrected chi connectivity index (χ2v) is 3.53. The molecule has 1 aromatic heterocycles. The summed E-state index contributed by atoms with van der Waals surface area (Å²) in [6.45, 7) is 1.48. The molecule has 0 N–H and O–H groups in total. The van der Waals surface area contributed by atoms with Crippen LogP contribution in [0.25, 0.3) is 0 Å². The van der Waals surface area contributed by atoms with E-state index in [1.54, 1.807) is 6.07 Å². The summed E-state index contributed by atoms with van der Waals surface area (Å²) in [6.07, 6.45) is -2.02. The molecule has 0 spiro atoms. The van der Waals surface area contributed by atoms with Gasteiger partial charge in [0.2, 0.25) is 0 Å². The molecule has 3 nitrogen and oxygen atoms in total. The minimum atomic E-state index is -2.43. The molecule has 90 valence electrons. The van der Waals surface area contributed by atoms with Gasteiger partial charge in [-0.3, -0.25) is 0 Å². The monoisotopic (exact) mass is 250 g/mol. The van der Waals surface area contributed by atoms with Gasteiger partial charge in [0, 0.05) is 12.1 Å². The third-order valence-corrected chi connectivity index (χ3v) is 2.08. The standard InChI is InChI=1S/C10H13ClF2N2O/c1-7-4-8(5-11)15-10(14-7)2-3-16-6-9(12)13/h4,9H,2-3,5-6H2,1H3. The molecule has 0 saturated heterocycles. The Hall–Kier alpha value is -0.810. The summed E-state index contributed by atoms with van der Waals surface area (Å²) in [4.78, 5) is 8.32. The van der Waals surface area contributed by atoms with Gasteiger partial charge in [0.05, 0.1) is 18.2 Å². The number of nitrogens with zero attached hydrogens (tertiary/aromatic N) is 2. The number of alkyl halides is 3. The van der Waals surface area contributed by atoms with Crippen molar-refractivity contribution in [2.24, 2.45) is 0 Å². The van der Waals surface area contributed by atoms with Crippen LogP contribution in [-0.4, -0.2) is 29.6 Å². The van der Waals surface area contributed by atoms with Gasteiger partial charge in [-0.1, -0.05) is 0 Å².